The summed E-state index contributed by atoms with van der Waals surface area (Å²) in [5.41, 5.74) is 32.0. The first kappa shape index (κ1) is 68.9. The second kappa shape index (κ2) is 29.3. The van der Waals surface area contributed by atoms with Gasteiger partial charge in [0, 0.05) is 84.2 Å². The van der Waals surface area contributed by atoms with E-state index in [4.69, 9.17) is 19.9 Å². The molecule has 0 unspecified atom stereocenters. The lowest BCUT2D eigenvalue weighted by Gasteiger charge is -2.10. The smallest absolute Gasteiger partial charge is 0.235 e. The van der Waals surface area contributed by atoms with Gasteiger partial charge in [-0.2, -0.15) is 0 Å². The van der Waals surface area contributed by atoms with Crippen molar-refractivity contribution in [1.82, 2.24) is 38.2 Å². The summed E-state index contributed by atoms with van der Waals surface area (Å²) < 4.78 is 9.10. The van der Waals surface area contributed by atoms with E-state index in [1.807, 2.05) is 30.7 Å². The van der Waals surface area contributed by atoms with Gasteiger partial charge in [-0.25, -0.2) is 19.9 Å². The van der Waals surface area contributed by atoms with Gasteiger partial charge in [-0.1, -0.05) is 309 Å². The monoisotopic (exact) mass is 1500 g/mol. The number of aromatic nitrogens is 8. The second-order valence-electron chi connectivity index (χ2n) is 30.1. The van der Waals surface area contributed by atoms with Crippen molar-refractivity contribution in [3.8, 4) is 124 Å². The Morgan fingerprint density at radius 3 is 0.780 bits per heavy atom. The Bertz CT molecular complexity index is 7720. The number of nitrogens with zero attached hydrogens (tertiary/aromatic N) is 8. The zero-order valence-electron chi connectivity index (χ0n) is 64.1. The fourth-order valence-corrected chi connectivity index (χ4v) is 17.5. The van der Waals surface area contributed by atoms with Crippen LogP contribution < -0.4 is 0 Å². The summed E-state index contributed by atoms with van der Waals surface area (Å²) >= 11 is 0. The molecule has 0 radical (unpaired) electrons. The molecular formula is C110H72N8. The Morgan fingerprint density at radius 1 is 0.153 bits per heavy atom. The maximum absolute atomic E-state index is 5.22. The molecule has 0 aliphatic heterocycles. The van der Waals surface area contributed by atoms with Crippen LogP contribution in [0.1, 0.15) is 0 Å². The summed E-state index contributed by atoms with van der Waals surface area (Å²) in [5, 5.41) is 9.64. The number of benzene rings is 17. The summed E-state index contributed by atoms with van der Waals surface area (Å²) in [7, 11) is 0. The van der Waals surface area contributed by atoms with Crippen molar-refractivity contribution in [3.63, 3.8) is 0 Å². The van der Waals surface area contributed by atoms with Crippen molar-refractivity contribution < 1.29 is 0 Å². The molecule has 0 aliphatic carbocycles. The van der Waals surface area contributed by atoms with Gasteiger partial charge in [-0.15, -0.1) is 0 Å². The van der Waals surface area contributed by atoms with Gasteiger partial charge in [0.05, 0.1) is 49.8 Å². The first-order chi connectivity index (χ1) is 58.5. The van der Waals surface area contributed by atoms with E-state index in [0.29, 0.717) is 11.9 Å². The van der Waals surface area contributed by atoms with Crippen LogP contribution in [0.5, 0.6) is 0 Å². The first-order valence-electron chi connectivity index (χ1n) is 40.0. The molecule has 6 aromatic heterocycles. The average Bonchev–Trinajstić information content (AvgIpc) is 1.59. The minimum absolute atomic E-state index is 0.643. The topological polar surface area (TPSA) is 71.3 Å². The lowest BCUT2D eigenvalue weighted by atomic mass is 9.97. The Hall–Kier alpha value is -15.9. The highest BCUT2D eigenvalue weighted by Crippen LogP contribution is 2.42. The van der Waals surface area contributed by atoms with Crippen molar-refractivity contribution in [3.05, 3.63) is 437 Å². The number of para-hydroxylation sites is 6. The van der Waals surface area contributed by atoms with Gasteiger partial charge in [-0.3, -0.25) is 9.13 Å². The summed E-state index contributed by atoms with van der Waals surface area (Å²) in [6.45, 7) is 0. The van der Waals surface area contributed by atoms with Gasteiger partial charge < -0.3 is 9.13 Å². The molecule has 118 heavy (non-hydrogen) atoms. The number of hydrogen-bond donors (Lipinski definition) is 0. The van der Waals surface area contributed by atoms with Crippen LogP contribution in [0.2, 0.25) is 0 Å². The zero-order valence-corrected chi connectivity index (χ0v) is 64.1. The molecule has 8 nitrogen and oxygen atoms in total. The standard InChI is InChI=1S/C58H38N4.C52H34N4/c1-3-12-39(13-4-1)40-22-24-41(25-23-40)42-26-28-43(29-27-42)44-14-11-15-47(36-44)53-34-35-59-58(60-53)62-55-21-10-8-19-50(55)52-38-46(31-33-57(52)62)45-30-32-56-51(37-45)49-18-7-9-20-54(49)61(56)48-16-5-2-6-17-48;1-3-11-35(12-4-1)36-19-21-37(22-20-36)38-23-25-39(26-24-38)42-33-53-52(54-34-42)56-49-18-10-8-16-45(49)47-32-41(28-30-51(47)56)40-27-29-50-46(31-40)44-15-7-9-17-48(44)55(50)43-13-5-2-6-14-43/h1-38H;1-34H. The molecule has 0 amide bonds. The Morgan fingerprint density at radius 2 is 0.407 bits per heavy atom. The van der Waals surface area contributed by atoms with Gasteiger partial charge >= 0.3 is 0 Å². The highest BCUT2D eigenvalue weighted by Gasteiger charge is 2.22. The number of hydrogen-bond acceptors (Lipinski definition) is 4. The zero-order chi connectivity index (χ0) is 78.0. The van der Waals surface area contributed by atoms with E-state index in [-0.39, 0.29) is 0 Å². The first-order valence-corrected chi connectivity index (χ1v) is 40.0. The Labute approximate surface area is 681 Å². The third-order valence-corrected chi connectivity index (χ3v) is 23.3. The predicted molar refractivity (Wildman–Crippen MR) is 490 cm³/mol. The normalized spacial score (nSPS) is 11.6. The molecule has 0 fully saturated rings. The van der Waals surface area contributed by atoms with Gasteiger partial charge in [0.25, 0.3) is 0 Å². The minimum Gasteiger partial charge on any atom is -0.309 e. The number of rotatable bonds is 13. The van der Waals surface area contributed by atoms with Crippen molar-refractivity contribution >= 4 is 87.2 Å². The van der Waals surface area contributed by atoms with Crippen molar-refractivity contribution in [2.24, 2.45) is 0 Å². The molecule has 0 N–H and O–H groups in total. The van der Waals surface area contributed by atoms with Crippen LogP contribution in [-0.2, 0) is 0 Å². The maximum Gasteiger partial charge on any atom is 0.235 e. The molecule has 0 saturated heterocycles. The molecular weight excluding hydrogens is 1430 g/mol. The highest BCUT2D eigenvalue weighted by molar-refractivity contribution is 6.15. The van der Waals surface area contributed by atoms with Gasteiger partial charge in [0.2, 0.25) is 11.9 Å². The van der Waals surface area contributed by atoms with Crippen LogP contribution in [0.4, 0.5) is 0 Å². The van der Waals surface area contributed by atoms with E-state index in [1.54, 1.807) is 0 Å². The molecule has 0 spiro atoms. The molecule has 23 rings (SSSR count). The lowest BCUT2D eigenvalue weighted by Crippen LogP contribution is -2.01. The quantitative estimate of drug-likeness (QED) is 0.115. The van der Waals surface area contributed by atoms with Crippen LogP contribution in [0.25, 0.3) is 211 Å². The average molecular weight is 1510 g/mol. The molecule has 552 valence electrons. The Balaban J connectivity index is 0.000000143. The van der Waals surface area contributed by atoms with Crippen molar-refractivity contribution in [2.75, 3.05) is 0 Å². The highest BCUT2D eigenvalue weighted by atomic mass is 15.2. The van der Waals surface area contributed by atoms with Crippen LogP contribution in [0.3, 0.4) is 0 Å². The molecule has 0 aliphatic rings. The molecule has 17 aromatic carbocycles. The molecule has 23 aromatic rings. The summed E-state index contributed by atoms with van der Waals surface area (Å²) in [6.07, 6.45) is 5.74. The predicted octanol–water partition coefficient (Wildman–Crippen LogP) is 28.3. The largest absolute Gasteiger partial charge is 0.309 e. The van der Waals surface area contributed by atoms with Gasteiger partial charge in [0.15, 0.2) is 0 Å². The molecule has 0 atom stereocenters. The minimum atomic E-state index is 0.643. The Kier molecular flexibility index (Phi) is 17.1. The van der Waals surface area contributed by atoms with Crippen molar-refractivity contribution in [2.45, 2.75) is 0 Å². The fourth-order valence-electron chi connectivity index (χ4n) is 17.5. The summed E-state index contributed by atoms with van der Waals surface area (Å²) in [4.78, 5) is 20.0. The third-order valence-electron chi connectivity index (χ3n) is 23.3. The third kappa shape index (κ3) is 12.4. The van der Waals surface area contributed by atoms with Gasteiger partial charge in [-0.05, 0) is 193 Å². The van der Waals surface area contributed by atoms with E-state index < -0.39 is 0 Å². The van der Waals surface area contributed by atoms with E-state index in [0.717, 1.165) is 77.7 Å². The molecule has 0 saturated carbocycles. The van der Waals surface area contributed by atoms with E-state index in [9.17, 15) is 0 Å². The molecule has 8 heteroatoms. The van der Waals surface area contributed by atoms with Gasteiger partial charge in [0.1, 0.15) is 0 Å². The van der Waals surface area contributed by atoms with Crippen LogP contribution >= 0.6 is 0 Å². The molecule has 0 bridgehead atoms. The van der Waals surface area contributed by atoms with E-state index >= 15 is 0 Å². The second-order valence-corrected chi connectivity index (χ2v) is 30.1. The lowest BCUT2D eigenvalue weighted by molar-refractivity contribution is 0.990. The number of fused-ring (bicyclic) bond motifs is 12. The summed E-state index contributed by atoms with van der Waals surface area (Å²) in [5.74, 6) is 1.29. The molecule has 6 heterocycles. The van der Waals surface area contributed by atoms with E-state index in [2.05, 4.69) is 425 Å². The van der Waals surface area contributed by atoms with E-state index in [1.165, 1.54) is 121 Å². The van der Waals surface area contributed by atoms with Crippen LogP contribution in [0.15, 0.2) is 437 Å². The fraction of sp³-hybridized carbons (Fsp3) is 0. The summed E-state index contributed by atoms with van der Waals surface area (Å²) in [6, 6.07) is 150. The van der Waals surface area contributed by atoms with Crippen molar-refractivity contribution in [1.29, 1.82) is 0 Å². The van der Waals surface area contributed by atoms with Crippen LogP contribution in [0, 0.1) is 0 Å². The maximum atomic E-state index is 5.22. The SMILES string of the molecule is c1ccc(-c2ccc(-c3ccc(-c4cccc(-c5ccnc(-n6c7ccccc7c7cc(-c8ccc9c(c8)c8ccccc8n9-c8ccccc8)ccc76)n5)c4)cc3)cc2)cc1.c1ccc(-c2ccc(-c3ccc(-c4cnc(-n5c6ccccc6c6cc(-c7ccc8c(c7)c7ccccc7n8-c7ccccc7)ccc65)nc4)cc3)cc2)cc1. The van der Waals surface area contributed by atoms with Crippen LogP contribution in [-0.4, -0.2) is 38.2 Å².